The highest BCUT2D eigenvalue weighted by Gasteiger charge is 2.40. The van der Waals surface area contributed by atoms with Gasteiger partial charge in [-0.05, 0) is 43.3 Å². The molecule has 0 radical (unpaired) electrons. The van der Waals surface area contributed by atoms with Gasteiger partial charge in [-0.1, -0.05) is 29.3 Å². The van der Waals surface area contributed by atoms with Crippen molar-refractivity contribution >= 4 is 28.9 Å². The zero-order valence-corrected chi connectivity index (χ0v) is 17.3. The van der Waals surface area contributed by atoms with Gasteiger partial charge in [0.15, 0.2) is 5.79 Å². The van der Waals surface area contributed by atoms with Gasteiger partial charge in [-0.3, -0.25) is 0 Å². The topological polar surface area (TPSA) is 43.0 Å². The van der Waals surface area contributed by atoms with Crippen LogP contribution in [0.5, 0.6) is 5.75 Å². The van der Waals surface area contributed by atoms with Crippen molar-refractivity contribution in [2.75, 3.05) is 44.3 Å². The first kappa shape index (κ1) is 19.8. The summed E-state index contributed by atoms with van der Waals surface area (Å²) in [5, 5.41) is 4.48. The fourth-order valence-electron chi connectivity index (χ4n) is 3.58. The third-order valence-electron chi connectivity index (χ3n) is 5.11. The largest absolute Gasteiger partial charge is 0.491 e. The van der Waals surface area contributed by atoms with E-state index in [0.29, 0.717) is 23.3 Å². The van der Waals surface area contributed by atoms with Crippen molar-refractivity contribution in [3.63, 3.8) is 0 Å². The van der Waals surface area contributed by atoms with Crippen molar-refractivity contribution in [3.05, 3.63) is 58.1 Å². The fourth-order valence-corrected chi connectivity index (χ4v) is 4.16. The summed E-state index contributed by atoms with van der Waals surface area (Å²) in [5.41, 5.74) is 1.99. The molecule has 1 N–H and O–H groups in total. The molecule has 2 aliphatic rings. The summed E-state index contributed by atoms with van der Waals surface area (Å²) in [5.74, 6) is -0.0809. The van der Waals surface area contributed by atoms with E-state index < -0.39 is 5.79 Å². The molecule has 2 saturated heterocycles. The van der Waals surface area contributed by atoms with Gasteiger partial charge in [-0.25, -0.2) is 0 Å². The molecule has 2 aromatic carbocycles. The average molecular weight is 423 g/mol. The molecule has 7 heteroatoms. The van der Waals surface area contributed by atoms with Gasteiger partial charge < -0.3 is 24.4 Å². The lowest BCUT2D eigenvalue weighted by molar-refractivity contribution is -0.164. The van der Waals surface area contributed by atoms with Gasteiger partial charge in [-0.2, -0.15) is 0 Å². The number of hydrogen-bond donors (Lipinski definition) is 1. The maximum Gasteiger partial charge on any atom is 0.194 e. The van der Waals surface area contributed by atoms with E-state index >= 15 is 0 Å². The number of ether oxygens (including phenoxy) is 3. The van der Waals surface area contributed by atoms with E-state index in [4.69, 9.17) is 37.4 Å². The van der Waals surface area contributed by atoms with E-state index in [1.54, 1.807) is 12.1 Å². The lowest BCUT2D eigenvalue weighted by Crippen LogP contribution is -2.43. The second kappa shape index (κ2) is 8.47. The molecule has 2 aromatic rings. The minimum Gasteiger partial charge on any atom is -0.491 e. The number of anilines is 1. The maximum atomic E-state index is 6.32. The van der Waals surface area contributed by atoms with Crippen molar-refractivity contribution in [3.8, 4) is 5.75 Å². The highest BCUT2D eigenvalue weighted by atomic mass is 35.5. The van der Waals surface area contributed by atoms with Crippen molar-refractivity contribution in [2.24, 2.45) is 0 Å². The molecule has 2 atom stereocenters. The first-order valence-corrected chi connectivity index (χ1v) is 10.2. The molecule has 0 spiro atoms. The molecule has 5 nitrogen and oxygen atoms in total. The van der Waals surface area contributed by atoms with Crippen LogP contribution in [0.1, 0.15) is 12.5 Å². The number of nitrogens with zero attached hydrogens (tertiary/aromatic N) is 1. The molecular formula is C21H24Cl2N2O3. The molecule has 0 unspecified atom stereocenters. The average Bonchev–Trinajstić information content (AvgIpc) is 3.09. The van der Waals surface area contributed by atoms with Crippen LogP contribution in [0.2, 0.25) is 10.0 Å². The Bertz CT molecular complexity index is 812. The third kappa shape index (κ3) is 4.39. The molecule has 0 aliphatic carbocycles. The Labute approximate surface area is 175 Å². The molecule has 2 heterocycles. The van der Waals surface area contributed by atoms with Crippen molar-refractivity contribution in [2.45, 2.75) is 18.8 Å². The van der Waals surface area contributed by atoms with Crippen LogP contribution in [0.3, 0.4) is 0 Å². The van der Waals surface area contributed by atoms with Gasteiger partial charge in [0, 0.05) is 42.5 Å². The first-order chi connectivity index (χ1) is 13.5. The normalized spacial score (nSPS) is 25.1. The Kier molecular flexibility index (Phi) is 5.99. The Balaban J connectivity index is 1.33. The second-order valence-electron chi connectivity index (χ2n) is 7.16. The molecule has 2 fully saturated rings. The van der Waals surface area contributed by atoms with E-state index in [9.17, 15) is 0 Å². The summed E-state index contributed by atoms with van der Waals surface area (Å²) < 4.78 is 17.9. The van der Waals surface area contributed by atoms with Crippen LogP contribution in [0.4, 0.5) is 5.69 Å². The molecule has 4 rings (SSSR count). The van der Waals surface area contributed by atoms with E-state index in [1.807, 2.05) is 25.1 Å². The molecule has 0 bridgehead atoms. The monoisotopic (exact) mass is 422 g/mol. The second-order valence-corrected chi connectivity index (χ2v) is 8.01. The molecule has 0 amide bonds. The van der Waals surface area contributed by atoms with Gasteiger partial charge in [0.2, 0.25) is 0 Å². The summed E-state index contributed by atoms with van der Waals surface area (Å²) in [6.45, 7) is 6.81. The smallest absolute Gasteiger partial charge is 0.194 e. The SMILES string of the molecule is C[C@]1(c2ccc(Cl)cc2Cl)OC[C@@H](COc2ccc(N3CCNCC3)cc2)O1. The zero-order valence-electron chi connectivity index (χ0n) is 15.8. The minimum absolute atomic E-state index is 0.176. The van der Waals surface area contributed by atoms with Crippen molar-refractivity contribution < 1.29 is 14.2 Å². The Hall–Kier alpha value is -1.50. The minimum atomic E-state index is -0.901. The van der Waals surface area contributed by atoms with Crippen LogP contribution in [0.15, 0.2) is 42.5 Å². The van der Waals surface area contributed by atoms with Crippen LogP contribution in [-0.2, 0) is 15.3 Å². The van der Waals surface area contributed by atoms with E-state index in [1.165, 1.54) is 5.69 Å². The summed E-state index contributed by atoms with van der Waals surface area (Å²) in [6.07, 6.45) is -0.176. The predicted octanol–water partition coefficient (Wildman–Crippen LogP) is 4.07. The lowest BCUT2D eigenvalue weighted by Gasteiger charge is -2.29. The van der Waals surface area contributed by atoms with Gasteiger partial charge in [0.1, 0.15) is 18.5 Å². The molecular weight excluding hydrogens is 399 g/mol. The predicted molar refractivity (Wildman–Crippen MR) is 112 cm³/mol. The summed E-state index contributed by atoms with van der Waals surface area (Å²) >= 11 is 12.3. The summed E-state index contributed by atoms with van der Waals surface area (Å²) in [4.78, 5) is 2.37. The number of halogens is 2. The Morgan fingerprint density at radius 3 is 2.61 bits per heavy atom. The van der Waals surface area contributed by atoms with Gasteiger partial charge in [-0.15, -0.1) is 0 Å². The van der Waals surface area contributed by atoms with Gasteiger partial charge in [0.05, 0.1) is 11.6 Å². The van der Waals surface area contributed by atoms with Gasteiger partial charge >= 0.3 is 0 Å². The number of hydrogen-bond acceptors (Lipinski definition) is 5. The third-order valence-corrected chi connectivity index (χ3v) is 5.66. The van der Waals surface area contributed by atoms with Crippen LogP contribution in [0.25, 0.3) is 0 Å². The van der Waals surface area contributed by atoms with Crippen molar-refractivity contribution in [1.82, 2.24) is 5.32 Å². The fraction of sp³-hybridized carbons (Fsp3) is 0.429. The van der Waals surface area contributed by atoms with Crippen LogP contribution in [-0.4, -0.2) is 45.5 Å². The summed E-state index contributed by atoms with van der Waals surface area (Å²) in [7, 11) is 0. The Morgan fingerprint density at radius 2 is 1.89 bits per heavy atom. The Morgan fingerprint density at radius 1 is 1.14 bits per heavy atom. The molecule has 0 saturated carbocycles. The van der Waals surface area contributed by atoms with E-state index in [2.05, 4.69) is 22.3 Å². The van der Waals surface area contributed by atoms with Crippen LogP contribution in [0, 0.1) is 0 Å². The van der Waals surface area contributed by atoms with Crippen molar-refractivity contribution in [1.29, 1.82) is 0 Å². The first-order valence-electron chi connectivity index (χ1n) is 9.49. The number of piperazine rings is 1. The van der Waals surface area contributed by atoms with Crippen LogP contribution < -0.4 is 15.0 Å². The molecule has 28 heavy (non-hydrogen) atoms. The zero-order chi connectivity index (χ0) is 19.6. The molecule has 2 aliphatic heterocycles. The number of nitrogens with one attached hydrogen (secondary N) is 1. The van der Waals surface area contributed by atoms with Crippen LogP contribution >= 0.6 is 23.2 Å². The highest BCUT2D eigenvalue weighted by Crippen LogP contribution is 2.38. The van der Waals surface area contributed by atoms with Gasteiger partial charge in [0.25, 0.3) is 0 Å². The summed E-state index contributed by atoms with van der Waals surface area (Å²) in [6, 6.07) is 13.5. The lowest BCUT2D eigenvalue weighted by atomic mass is 10.1. The number of rotatable bonds is 5. The standard InChI is InChI=1S/C21H24Cl2N2O3/c1-21(19-7-2-15(22)12-20(19)23)27-14-18(28-21)13-26-17-5-3-16(4-6-17)25-10-8-24-9-11-25/h2-7,12,18,24H,8-11,13-14H2,1H3/t18-,21+/m1/s1. The number of benzene rings is 2. The van der Waals surface area contributed by atoms with E-state index in [-0.39, 0.29) is 6.10 Å². The van der Waals surface area contributed by atoms with E-state index in [0.717, 1.165) is 37.5 Å². The quantitative estimate of drug-likeness (QED) is 0.786. The maximum absolute atomic E-state index is 6.32. The molecule has 0 aromatic heterocycles. The highest BCUT2D eigenvalue weighted by molar-refractivity contribution is 6.35. The molecule has 150 valence electrons.